The first-order chi connectivity index (χ1) is 10.1. The second-order valence-corrected chi connectivity index (χ2v) is 3.03. The first kappa shape index (κ1) is 3.54. The maximum absolute atomic E-state index is 7.94. The third kappa shape index (κ3) is 1.69. The number of benzene rings is 2. The predicted molar refractivity (Wildman–Crippen MR) is 61.4 cm³/mol. The van der Waals surface area contributed by atoms with E-state index in [0.717, 1.165) is 0 Å². The van der Waals surface area contributed by atoms with Crippen molar-refractivity contribution in [1.29, 1.82) is 0 Å². The lowest BCUT2D eigenvalue weighted by Gasteiger charge is -2.04. The van der Waals surface area contributed by atoms with Gasteiger partial charge in [0.2, 0.25) is 0 Å². The van der Waals surface area contributed by atoms with Crippen molar-refractivity contribution in [2.24, 2.45) is 0 Å². The second-order valence-electron chi connectivity index (χ2n) is 3.03. The predicted octanol–water partition coefficient (Wildman–Crippen LogP) is 3.97. The number of rotatable bonds is 1. The van der Waals surface area contributed by atoms with Crippen LogP contribution in [0.3, 0.4) is 0 Å². The number of hydrogen-bond acceptors (Lipinski definition) is 0. The molecule has 0 aliphatic carbocycles. The summed E-state index contributed by atoms with van der Waals surface area (Å²) in [5, 5.41) is 0. The molecular formula is C14H14. The molecule has 0 unspecified atom stereocenters. The van der Waals surface area contributed by atoms with Crippen LogP contribution in [0.15, 0.2) is 48.4 Å². The Morgan fingerprint density at radius 1 is 1.00 bits per heavy atom. The average molecular weight is 190 g/mol. The van der Waals surface area contributed by atoms with Crippen LogP contribution in [0, 0.1) is 13.8 Å². The third-order valence-electron chi connectivity index (χ3n) is 2.03. The molecule has 70 valence electrons. The van der Waals surface area contributed by atoms with E-state index in [0.29, 0.717) is 11.1 Å². The summed E-state index contributed by atoms with van der Waals surface area (Å²) < 4.78 is 61.4. The molecule has 0 saturated carbocycles. The van der Waals surface area contributed by atoms with Gasteiger partial charge >= 0.3 is 0 Å². The van der Waals surface area contributed by atoms with Gasteiger partial charge in [-0.1, -0.05) is 48.4 Å². The molecule has 0 saturated heterocycles. The summed E-state index contributed by atoms with van der Waals surface area (Å²) in [6.45, 7) is -0.666. The minimum atomic E-state index is -2.33. The Morgan fingerprint density at radius 2 is 1.79 bits per heavy atom. The van der Waals surface area contributed by atoms with Crippen molar-refractivity contribution in [3.63, 3.8) is 0 Å². The van der Waals surface area contributed by atoms with Gasteiger partial charge in [0.15, 0.2) is 0 Å². The van der Waals surface area contributed by atoms with E-state index in [9.17, 15) is 0 Å². The molecule has 0 aliphatic heterocycles. The quantitative estimate of drug-likeness (QED) is 0.638. The summed E-state index contributed by atoms with van der Waals surface area (Å²) in [5.41, 5.74) is 0.984. The molecule has 0 spiro atoms. The van der Waals surface area contributed by atoms with Gasteiger partial charge in [-0.05, 0) is 36.0 Å². The van der Waals surface area contributed by atoms with Crippen molar-refractivity contribution in [2.45, 2.75) is 13.8 Å². The lowest BCUT2D eigenvalue weighted by molar-refractivity contribution is 1.34. The Labute approximate surface area is 96.5 Å². The minimum Gasteiger partial charge on any atom is -0.0622 e. The first-order valence-corrected chi connectivity index (χ1v) is 4.24. The van der Waals surface area contributed by atoms with E-state index in [2.05, 4.69) is 0 Å². The molecular weight excluding hydrogens is 168 g/mol. The SMILES string of the molecule is [2H]c1c([2H])c([2H])c(-c2ccc(C)c(C([2H])([2H])[2H])c2)c([2H])c1[2H]. The third-order valence-corrected chi connectivity index (χ3v) is 2.03. The van der Waals surface area contributed by atoms with Crippen LogP contribution in [-0.2, 0) is 0 Å². The Hall–Kier alpha value is -1.56. The Morgan fingerprint density at radius 3 is 2.50 bits per heavy atom. The average Bonchev–Trinajstić information content (AvgIpc) is 2.43. The number of hydrogen-bond donors (Lipinski definition) is 0. The molecule has 2 aromatic carbocycles. The van der Waals surface area contributed by atoms with Gasteiger partial charge in [-0.25, -0.2) is 0 Å². The van der Waals surface area contributed by atoms with E-state index in [1.165, 1.54) is 6.07 Å². The zero-order valence-corrected chi connectivity index (χ0v) is 7.73. The van der Waals surface area contributed by atoms with Crippen LogP contribution in [0.2, 0.25) is 0 Å². The summed E-state index contributed by atoms with van der Waals surface area (Å²) in [7, 11) is 0. The Kier molecular flexibility index (Phi) is 0.928. The largest absolute Gasteiger partial charge is 0.0629 e. The van der Waals surface area contributed by atoms with Crippen molar-refractivity contribution in [3.8, 4) is 11.1 Å². The highest BCUT2D eigenvalue weighted by atomic mass is 14.0. The highest BCUT2D eigenvalue weighted by molar-refractivity contribution is 5.64. The van der Waals surface area contributed by atoms with Gasteiger partial charge in [0.1, 0.15) is 0 Å². The lowest BCUT2D eigenvalue weighted by Crippen LogP contribution is -1.82. The van der Waals surface area contributed by atoms with E-state index in [1.54, 1.807) is 19.1 Å². The Bertz CT molecular complexity index is 716. The van der Waals surface area contributed by atoms with Crippen molar-refractivity contribution in [2.75, 3.05) is 0 Å². The molecule has 14 heavy (non-hydrogen) atoms. The summed E-state index contributed by atoms with van der Waals surface area (Å²) in [6, 6.07) is 2.49. The molecule has 2 aromatic rings. The van der Waals surface area contributed by atoms with E-state index >= 15 is 0 Å². The summed E-state index contributed by atoms with van der Waals surface area (Å²) >= 11 is 0. The van der Waals surface area contributed by atoms with Gasteiger partial charge < -0.3 is 0 Å². The fraction of sp³-hybridized carbons (Fsp3) is 0.143. The summed E-state index contributed by atoms with van der Waals surface area (Å²) in [6.07, 6.45) is 0. The van der Waals surface area contributed by atoms with Gasteiger partial charge in [-0.15, -0.1) is 0 Å². The molecule has 0 radical (unpaired) electrons. The minimum absolute atomic E-state index is 0.0106. The molecule has 0 aromatic heterocycles. The van der Waals surface area contributed by atoms with Crippen LogP contribution in [0.1, 0.15) is 22.1 Å². The summed E-state index contributed by atoms with van der Waals surface area (Å²) in [5.74, 6) is 0. The zero-order valence-electron chi connectivity index (χ0n) is 15.7. The molecule has 2 rings (SSSR count). The highest BCUT2D eigenvalue weighted by Gasteiger charge is 1.97. The maximum atomic E-state index is 7.94. The monoisotopic (exact) mass is 190 g/mol. The van der Waals surface area contributed by atoms with Crippen LogP contribution in [0.4, 0.5) is 0 Å². The zero-order chi connectivity index (χ0) is 16.8. The maximum Gasteiger partial charge on any atom is 0.0629 e. The molecule has 0 heterocycles. The molecule has 0 amide bonds. The second kappa shape index (κ2) is 3.67. The van der Waals surface area contributed by atoms with Crippen LogP contribution >= 0.6 is 0 Å². The standard InChI is InChI=1S/C14H14/c1-11-8-9-14(10-12(11)2)13-6-4-3-5-7-13/h3-10H,1-2H3/i2D3,3D,4D,5D,6D,7D. The Balaban J connectivity index is 2.79. The van der Waals surface area contributed by atoms with Gasteiger partial charge in [0.25, 0.3) is 0 Å². The molecule has 0 nitrogen and oxygen atoms in total. The van der Waals surface area contributed by atoms with Crippen LogP contribution < -0.4 is 0 Å². The van der Waals surface area contributed by atoms with E-state index in [1.807, 2.05) is 0 Å². The smallest absolute Gasteiger partial charge is 0.0622 e. The molecule has 0 N–H and O–H groups in total. The van der Waals surface area contributed by atoms with Gasteiger partial charge in [0.05, 0.1) is 6.85 Å². The van der Waals surface area contributed by atoms with Gasteiger partial charge in [-0.2, -0.15) is 0 Å². The van der Waals surface area contributed by atoms with Crippen molar-refractivity contribution < 1.29 is 11.0 Å². The molecule has 0 aliphatic rings. The fourth-order valence-corrected chi connectivity index (χ4v) is 1.17. The molecule has 0 fully saturated rings. The fourth-order valence-electron chi connectivity index (χ4n) is 1.17. The number of aryl methyl sites for hydroxylation is 2. The van der Waals surface area contributed by atoms with E-state index in [-0.39, 0.29) is 23.2 Å². The van der Waals surface area contributed by atoms with Crippen LogP contribution in [-0.4, -0.2) is 0 Å². The van der Waals surface area contributed by atoms with Crippen molar-refractivity contribution >= 4 is 0 Å². The first-order valence-electron chi connectivity index (χ1n) is 8.24. The topological polar surface area (TPSA) is 0 Å². The van der Waals surface area contributed by atoms with E-state index in [4.69, 9.17) is 11.0 Å². The summed E-state index contributed by atoms with van der Waals surface area (Å²) in [4.78, 5) is 0. The molecule has 0 atom stereocenters. The van der Waals surface area contributed by atoms with Crippen molar-refractivity contribution in [1.82, 2.24) is 0 Å². The van der Waals surface area contributed by atoms with Crippen LogP contribution in [0.25, 0.3) is 11.1 Å². The highest BCUT2D eigenvalue weighted by Crippen LogP contribution is 2.21. The van der Waals surface area contributed by atoms with E-state index < -0.39 is 25.0 Å². The molecule has 0 heteroatoms. The lowest BCUT2D eigenvalue weighted by atomic mass is 10.0. The van der Waals surface area contributed by atoms with Gasteiger partial charge in [0, 0.05) is 4.11 Å². The van der Waals surface area contributed by atoms with Crippen molar-refractivity contribution in [3.05, 3.63) is 59.5 Å². The van der Waals surface area contributed by atoms with Crippen LogP contribution in [0.5, 0.6) is 0 Å². The normalized spacial score (nSPS) is 19.2. The van der Waals surface area contributed by atoms with Gasteiger partial charge in [-0.3, -0.25) is 0 Å². The molecule has 0 bridgehead atoms.